The van der Waals surface area contributed by atoms with Crippen molar-refractivity contribution in [2.45, 2.75) is 12.8 Å². The van der Waals surface area contributed by atoms with E-state index in [0.717, 1.165) is 30.6 Å². The molecule has 1 heterocycles. The van der Waals surface area contributed by atoms with Crippen LogP contribution in [0.15, 0.2) is 18.2 Å². The molecule has 1 aliphatic heterocycles. The smallest absolute Gasteiger partial charge is 0.126 e. The number of carbonyl (C=O) groups excluding carboxylic acids is 1. The van der Waals surface area contributed by atoms with Gasteiger partial charge < -0.3 is 9.53 Å². The van der Waals surface area contributed by atoms with E-state index in [0.29, 0.717) is 6.42 Å². The summed E-state index contributed by atoms with van der Waals surface area (Å²) in [5.74, 6) is 0.935. The summed E-state index contributed by atoms with van der Waals surface area (Å²) >= 11 is 0. The fourth-order valence-corrected chi connectivity index (χ4v) is 1.53. The van der Waals surface area contributed by atoms with Gasteiger partial charge in [-0.1, -0.05) is 18.2 Å². The van der Waals surface area contributed by atoms with Crippen molar-refractivity contribution >= 4 is 6.29 Å². The maximum Gasteiger partial charge on any atom is 0.126 e. The monoisotopic (exact) mass is 162 g/mol. The number of hydrogen-bond acceptors (Lipinski definition) is 2. The van der Waals surface area contributed by atoms with Crippen LogP contribution in [0.3, 0.4) is 0 Å². The maximum absolute atomic E-state index is 10.3. The zero-order chi connectivity index (χ0) is 8.39. The van der Waals surface area contributed by atoms with Gasteiger partial charge in [0.15, 0.2) is 0 Å². The first-order valence-corrected chi connectivity index (χ1v) is 4.09. The van der Waals surface area contributed by atoms with Gasteiger partial charge in [0.1, 0.15) is 12.0 Å². The third kappa shape index (κ3) is 1.09. The third-order valence-electron chi connectivity index (χ3n) is 2.10. The molecule has 0 saturated heterocycles. The van der Waals surface area contributed by atoms with Crippen molar-refractivity contribution in [2.24, 2.45) is 0 Å². The second-order valence-electron chi connectivity index (χ2n) is 2.87. The summed E-state index contributed by atoms with van der Waals surface area (Å²) in [6.07, 6.45) is 2.35. The highest BCUT2D eigenvalue weighted by Crippen LogP contribution is 2.29. The Kier molecular flexibility index (Phi) is 1.82. The van der Waals surface area contributed by atoms with Crippen LogP contribution in [0.1, 0.15) is 11.1 Å². The highest BCUT2D eigenvalue weighted by atomic mass is 16.5. The number of aldehydes is 1. The summed E-state index contributed by atoms with van der Waals surface area (Å²) in [4.78, 5) is 10.3. The summed E-state index contributed by atoms with van der Waals surface area (Å²) in [5.41, 5.74) is 2.24. The van der Waals surface area contributed by atoms with Gasteiger partial charge in [0.2, 0.25) is 0 Å². The molecule has 62 valence electrons. The van der Waals surface area contributed by atoms with Crippen LogP contribution >= 0.6 is 0 Å². The van der Waals surface area contributed by atoms with Gasteiger partial charge in [-0.05, 0) is 5.56 Å². The highest BCUT2D eigenvalue weighted by Gasteiger charge is 2.14. The van der Waals surface area contributed by atoms with E-state index in [4.69, 9.17) is 4.74 Å². The normalized spacial score (nSPS) is 13.7. The third-order valence-corrected chi connectivity index (χ3v) is 2.10. The average molecular weight is 162 g/mol. The molecule has 0 unspecified atom stereocenters. The zero-order valence-electron chi connectivity index (χ0n) is 6.75. The summed E-state index contributed by atoms with van der Waals surface area (Å²) in [7, 11) is 0. The predicted molar refractivity (Wildman–Crippen MR) is 45.4 cm³/mol. The topological polar surface area (TPSA) is 26.3 Å². The molecule has 12 heavy (non-hydrogen) atoms. The van der Waals surface area contributed by atoms with E-state index in [2.05, 4.69) is 6.07 Å². The molecule has 0 radical (unpaired) electrons. The molecule has 0 bridgehead atoms. The summed E-state index contributed by atoms with van der Waals surface area (Å²) in [6.45, 7) is 0.755. The molecular formula is C10H10O2. The van der Waals surface area contributed by atoms with Gasteiger partial charge in [-0.15, -0.1) is 0 Å². The van der Waals surface area contributed by atoms with Crippen molar-refractivity contribution in [2.75, 3.05) is 6.61 Å². The molecule has 1 aromatic carbocycles. The Hall–Kier alpha value is -1.31. The summed E-state index contributed by atoms with van der Waals surface area (Å²) in [5, 5.41) is 0. The number of ether oxygens (including phenoxy) is 1. The molecule has 2 nitrogen and oxygen atoms in total. The van der Waals surface area contributed by atoms with Gasteiger partial charge in [-0.2, -0.15) is 0 Å². The van der Waals surface area contributed by atoms with Gasteiger partial charge in [0.25, 0.3) is 0 Å². The first-order chi connectivity index (χ1) is 5.92. The molecule has 0 amide bonds. The molecule has 2 rings (SSSR count). The van der Waals surface area contributed by atoms with Crippen LogP contribution in [-0.2, 0) is 17.6 Å². The number of benzene rings is 1. The molecule has 0 aromatic heterocycles. The minimum Gasteiger partial charge on any atom is -0.493 e. The van der Waals surface area contributed by atoms with Crippen molar-refractivity contribution in [3.05, 3.63) is 29.3 Å². The van der Waals surface area contributed by atoms with Crippen LogP contribution in [0.4, 0.5) is 0 Å². The van der Waals surface area contributed by atoms with Gasteiger partial charge >= 0.3 is 0 Å². The van der Waals surface area contributed by atoms with Crippen molar-refractivity contribution in [3.63, 3.8) is 0 Å². The predicted octanol–water partition coefficient (Wildman–Crippen LogP) is 1.36. The molecular weight excluding hydrogens is 152 g/mol. The summed E-state index contributed by atoms with van der Waals surface area (Å²) < 4.78 is 5.42. The Balaban J connectivity index is 2.42. The fraction of sp³-hybridized carbons (Fsp3) is 0.300. The first-order valence-electron chi connectivity index (χ1n) is 4.09. The van der Waals surface area contributed by atoms with Gasteiger partial charge in [-0.3, -0.25) is 0 Å². The standard InChI is InChI=1S/C10H10O2/c11-6-4-8-2-1-3-9-5-7-12-10(8)9/h1-3,6H,4-5,7H2. The van der Waals surface area contributed by atoms with Gasteiger partial charge in [-0.25, -0.2) is 0 Å². The first kappa shape index (κ1) is 7.35. The van der Waals surface area contributed by atoms with Crippen molar-refractivity contribution in [3.8, 4) is 5.75 Å². The Labute approximate surface area is 71.2 Å². The molecule has 0 saturated carbocycles. The minimum atomic E-state index is 0.461. The second-order valence-corrected chi connectivity index (χ2v) is 2.87. The van der Waals surface area contributed by atoms with Crippen LogP contribution in [0.5, 0.6) is 5.75 Å². The number of fused-ring (bicyclic) bond motifs is 1. The van der Waals surface area contributed by atoms with E-state index in [1.54, 1.807) is 0 Å². The maximum atomic E-state index is 10.3. The molecule has 0 spiro atoms. The van der Waals surface area contributed by atoms with Crippen LogP contribution in [0.2, 0.25) is 0 Å². The van der Waals surface area contributed by atoms with Crippen molar-refractivity contribution in [1.82, 2.24) is 0 Å². The quantitative estimate of drug-likeness (QED) is 0.614. The van der Waals surface area contributed by atoms with Crippen LogP contribution < -0.4 is 4.74 Å². The Morgan fingerprint density at radius 1 is 1.50 bits per heavy atom. The summed E-state index contributed by atoms with van der Waals surface area (Å²) in [6, 6.07) is 5.97. The molecule has 0 aliphatic carbocycles. The van der Waals surface area contributed by atoms with Crippen molar-refractivity contribution in [1.29, 1.82) is 0 Å². The molecule has 0 N–H and O–H groups in total. The molecule has 1 aromatic rings. The van der Waals surface area contributed by atoms with E-state index < -0.39 is 0 Å². The van der Waals surface area contributed by atoms with Crippen LogP contribution in [-0.4, -0.2) is 12.9 Å². The van der Waals surface area contributed by atoms with E-state index in [9.17, 15) is 4.79 Å². The number of para-hydroxylation sites is 1. The fourth-order valence-electron chi connectivity index (χ4n) is 1.53. The van der Waals surface area contributed by atoms with E-state index in [1.807, 2.05) is 12.1 Å². The van der Waals surface area contributed by atoms with E-state index in [1.165, 1.54) is 5.56 Å². The van der Waals surface area contributed by atoms with Gasteiger partial charge in [0, 0.05) is 18.4 Å². The van der Waals surface area contributed by atoms with Crippen LogP contribution in [0, 0.1) is 0 Å². The van der Waals surface area contributed by atoms with Crippen molar-refractivity contribution < 1.29 is 9.53 Å². The van der Waals surface area contributed by atoms with E-state index >= 15 is 0 Å². The molecule has 1 aliphatic rings. The van der Waals surface area contributed by atoms with E-state index in [-0.39, 0.29) is 0 Å². The Morgan fingerprint density at radius 2 is 2.42 bits per heavy atom. The number of hydrogen-bond donors (Lipinski definition) is 0. The minimum absolute atomic E-state index is 0.461. The lowest BCUT2D eigenvalue weighted by Crippen LogP contribution is -1.92. The SMILES string of the molecule is O=CCc1cccc2c1OCC2. The van der Waals surface area contributed by atoms with Crippen LogP contribution in [0.25, 0.3) is 0 Å². The highest BCUT2D eigenvalue weighted by molar-refractivity contribution is 5.59. The largest absolute Gasteiger partial charge is 0.493 e. The number of carbonyl (C=O) groups is 1. The lowest BCUT2D eigenvalue weighted by atomic mass is 10.1. The molecule has 0 atom stereocenters. The number of rotatable bonds is 2. The lowest BCUT2D eigenvalue weighted by Gasteiger charge is -2.03. The Morgan fingerprint density at radius 3 is 3.25 bits per heavy atom. The Bertz CT molecular complexity index is 305. The lowest BCUT2D eigenvalue weighted by molar-refractivity contribution is -0.107. The molecule has 0 fully saturated rings. The molecule has 2 heteroatoms. The average Bonchev–Trinajstić information content (AvgIpc) is 2.53. The second kappa shape index (κ2) is 2.97. The zero-order valence-corrected chi connectivity index (χ0v) is 6.75. The van der Waals surface area contributed by atoms with Gasteiger partial charge in [0.05, 0.1) is 6.61 Å².